The molecule has 1 aromatic heterocycles. The van der Waals surface area contributed by atoms with Gasteiger partial charge in [-0.1, -0.05) is 18.2 Å². The van der Waals surface area contributed by atoms with E-state index in [9.17, 15) is 0 Å². The summed E-state index contributed by atoms with van der Waals surface area (Å²) in [7, 11) is 4.27. The summed E-state index contributed by atoms with van der Waals surface area (Å²) in [6.45, 7) is 2.82. The Bertz CT molecular complexity index is 613. The highest BCUT2D eigenvalue weighted by atomic mass is 32.1. The maximum atomic E-state index is 5.40. The van der Waals surface area contributed by atoms with Gasteiger partial charge >= 0.3 is 0 Å². The summed E-state index contributed by atoms with van der Waals surface area (Å²) >= 11 is 5.40. The molecule has 1 atom stereocenters. The molecule has 0 spiro atoms. The van der Waals surface area contributed by atoms with Crippen LogP contribution in [0.25, 0.3) is 0 Å². The van der Waals surface area contributed by atoms with Crippen molar-refractivity contribution in [2.45, 2.75) is 13.0 Å². The lowest BCUT2D eigenvalue weighted by Crippen LogP contribution is -3.07. The van der Waals surface area contributed by atoms with Crippen LogP contribution < -0.4 is 15.5 Å². The maximum absolute atomic E-state index is 5.40. The molecule has 0 aliphatic rings. The Labute approximate surface area is 137 Å². The molecule has 1 heterocycles. The SMILES string of the molecule is Cc1ccccc1NC(=S)NCC(c1cccnc1)[NH+](C)C. The highest BCUT2D eigenvalue weighted by Crippen LogP contribution is 2.13. The number of aryl methyl sites for hydroxylation is 1. The molecule has 116 valence electrons. The van der Waals surface area contributed by atoms with Crippen LogP contribution >= 0.6 is 12.2 Å². The van der Waals surface area contributed by atoms with Gasteiger partial charge in [0.05, 0.1) is 20.6 Å². The summed E-state index contributed by atoms with van der Waals surface area (Å²) in [5, 5.41) is 7.20. The molecule has 0 aliphatic carbocycles. The summed E-state index contributed by atoms with van der Waals surface area (Å²) in [4.78, 5) is 5.54. The Morgan fingerprint density at radius 2 is 2.00 bits per heavy atom. The molecule has 0 radical (unpaired) electrons. The van der Waals surface area contributed by atoms with Crippen molar-refractivity contribution in [3.63, 3.8) is 0 Å². The summed E-state index contributed by atoms with van der Waals surface area (Å²) in [6, 6.07) is 12.5. The van der Waals surface area contributed by atoms with Gasteiger partial charge in [0.15, 0.2) is 5.11 Å². The van der Waals surface area contributed by atoms with E-state index in [0.717, 1.165) is 12.2 Å². The van der Waals surface area contributed by atoms with E-state index in [4.69, 9.17) is 12.2 Å². The molecular formula is C17H23N4S+. The predicted molar refractivity (Wildman–Crippen MR) is 95.2 cm³/mol. The van der Waals surface area contributed by atoms with Crippen LogP contribution in [-0.2, 0) is 0 Å². The minimum Gasteiger partial charge on any atom is -0.356 e. The van der Waals surface area contributed by atoms with Crippen molar-refractivity contribution in [1.82, 2.24) is 10.3 Å². The van der Waals surface area contributed by atoms with Crippen molar-refractivity contribution in [3.05, 3.63) is 59.9 Å². The second-order valence-corrected chi connectivity index (χ2v) is 5.97. The normalized spacial score (nSPS) is 12.0. The fraction of sp³-hybridized carbons (Fsp3) is 0.294. The first-order valence-corrected chi connectivity index (χ1v) is 7.79. The zero-order chi connectivity index (χ0) is 15.9. The fourth-order valence-electron chi connectivity index (χ4n) is 2.31. The third-order valence-corrected chi connectivity index (χ3v) is 3.89. The second-order valence-electron chi connectivity index (χ2n) is 5.57. The summed E-state index contributed by atoms with van der Waals surface area (Å²) in [6.07, 6.45) is 3.71. The van der Waals surface area contributed by atoms with Gasteiger partial charge in [-0.15, -0.1) is 0 Å². The number of hydrogen-bond acceptors (Lipinski definition) is 2. The number of nitrogens with zero attached hydrogens (tertiary/aromatic N) is 1. The maximum Gasteiger partial charge on any atom is 0.171 e. The number of aromatic nitrogens is 1. The molecule has 0 aliphatic heterocycles. The lowest BCUT2D eigenvalue weighted by molar-refractivity contribution is -0.890. The number of nitrogens with one attached hydrogen (secondary N) is 3. The van der Waals surface area contributed by atoms with Crippen molar-refractivity contribution < 1.29 is 4.90 Å². The Balaban J connectivity index is 1.95. The van der Waals surface area contributed by atoms with E-state index in [1.807, 2.05) is 30.5 Å². The first kappa shape index (κ1) is 16.4. The molecule has 22 heavy (non-hydrogen) atoms. The smallest absolute Gasteiger partial charge is 0.171 e. The molecule has 2 aromatic rings. The van der Waals surface area contributed by atoms with Gasteiger partial charge in [0.2, 0.25) is 0 Å². The molecule has 0 saturated heterocycles. The number of para-hydroxylation sites is 1. The summed E-state index contributed by atoms with van der Waals surface area (Å²) in [5.41, 5.74) is 3.41. The van der Waals surface area contributed by atoms with Crippen LogP contribution in [0.3, 0.4) is 0 Å². The van der Waals surface area contributed by atoms with Gasteiger partial charge in [0, 0.05) is 23.6 Å². The van der Waals surface area contributed by atoms with Gasteiger partial charge in [-0.25, -0.2) is 0 Å². The lowest BCUT2D eigenvalue weighted by Gasteiger charge is -2.23. The number of thiocarbonyl (C=S) groups is 1. The molecule has 2 rings (SSSR count). The van der Waals surface area contributed by atoms with E-state index in [0.29, 0.717) is 11.2 Å². The van der Waals surface area contributed by atoms with Crippen molar-refractivity contribution in [1.29, 1.82) is 0 Å². The number of anilines is 1. The number of rotatable bonds is 5. The number of hydrogen-bond donors (Lipinski definition) is 3. The number of quaternary nitrogens is 1. The molecule has 4 nitrogen and oxygen atoms in total. The van der Waals surface area contributed by atoms with Crippen molar-refractivity contribution in [2.75, 3.05) is 26.0 Å². The molecule has 0 saturated carbocycles. The van der Waals surface area contributed by atoms with E-state index in [1.54, 1.807) is 6.20 Å². The van der Waals surface area contributed by atoms with Crippen LogP contribution in [-0.4, -0.2) is 30.7 Å². The van der Waals surface area contributed by atoms with Crippen molar-refractivity contribution in [2.24, 2.45) is 0 Å². The largest absolute Gasteiger partial charge is 0.356 e. The predicted octanol–water partition coefficient (Wildman–Crippen LogP) is 1.56. The quantitative estimate of drug-likeness (QED) is 0.733. The van der Waals surface area contributed by atoms with E-state index < -0.39 is 0 Å². The van der Waals surface area contributed by atoms with Crippen LogP contribution in [0.15, 0.2) is 48.8 Å². The van der Waals surface area contributed by atoms with E-state index >= 15 is 0 Å². The third kappa shape index (κ3) is 4.51. The fourth-order valence-corrected chi connectivity index (χ4v) is 2.51. The highest BCUT2D eigenvalue weighted by molar-refractivity contribution is 7.80. The molecular weight excluding hydrogens is 292 g/mol. The number of benzene rings is 1. The van der Waals surface area contributed by atoms with Gasteiger partial charge in [-0.3, -0.25) is 4.98 Å². The molecule has 1 aromatic carbocycles. The van der Waals surface area contributed by atoms with E-state index in [2.05, 4.69) is 48.8 Å². The Kier molecular flexibility index (Phi) is 5.86. The number of pyridine rings is 1. The summed E-state index contributed by atoms with van der Waals surface area (Å²) < 4.78 is 0. The number of likely N-dealkylation sites (N-methyl/N-ethyl adjacent to an activating group) is 1. The highest BCUT2D eigenvalue weighted by Gasteiger charge is 2.18. The molecule has 0 fully saturated rings. The third-order valence-electron chi connectivity index (χ3n) is 3.64. The summed E-state index contributed by atoms with van der Waals surface area (Å²) in [5.74, 6) is 0. The average molecular weight is 315 g/mol. The molecule has 0 bridgehead atoms. The zero-order valence-corrected chi connectivity index (χ0v) is 14.1. The second kappa shape index (κ2) is 7.87. The minimum atomic E-state index is 0.297. The Morgan fingerprint density at radius 3 is 2.64 bits per heavy atom. The Hall–Kier alpha value is -1.98. The lowest BCUT2D eigenvalue weighted by atomic mass is 10.1. The minimum absolute atomic E-state index is 0.297. The molecule has 5 heteroatoms. The zero-order valence-electron chi connectivity index (χ0n) is 13.3. The monoisotopic (exact) mass is 315 g/mol. The first-order valence-electron chi connectivity index (χ1n) is 7.38. The standard InChI is InChI=1S/C17H22N4S/c1-13-7-4-5-9-15(13)20-17(22)19-12-16(21(2)3)14-8-6-10-18-11-14/h4-11,16H,12H2,1-3H3,(H2,19,20,22)/p+1. The first-order chi connectivity index (χ1) is 10.6. The van der Waals surface area contributed by atoms with Gasteiger partial charge < -0.3 is 15.5 Å². The van der Waals surface area contributed by atoms with Gasteiger partial charge in [0.25, 0.3) is 0 Å². The molecule has 3 N–H and O–H groups in total. The van der Waals surface area contributed by atoms with Crippen LogP contribution in [0.1, 0.15) is 17.2 Å². The van der Waals surface area contributed by atoms with Crippen molar-refractivity contribution in [3.8, 4) is 0 Å². The van der Waals surface area contributed by atoms with Crippen molar-refractivity contribution >= 4 is 23.0 Å². The van der Waals surface area contributed by atoms with Crippen LogP contribution in [0.2, 0.25) is 0 Å². The van der Waals surface area contributed by atoms with E-state index in [1.165, 1.54) is 16.0 Å². The average Bonchev–Trinajstić information content (AvgIpc) is 2.50. The van der Waals surface area contributed by atoms with Gasteiger partial charge in [-0.05, 0) is 42.9 Å². The van der Waals surface area contributed by atoms with Crippen LogP contribution in [0.5, 0.6) is 0 Å². The van der Waals surface area contributed by atoms with Gasteiger partial charge in [-0.2, -0.15) is 0 Å². The Morgan fingerprint density at radius 1 is 1.23 bits per heavy atom. The van der Waals surface area contributed by atoms with E-state index in [-0.39, 0.29) is 0 Å². The van der Waals surface area contributed by atoms with Gasteiger partial charge in [0.1, 0.15) is 6.04 Å². The van der Waals surface area contributed by atoms with Crippen LogP contribution in [0.4, 0.5) is 5.69 Å². The topological polar surface area (TPSA) is 41.4 Å². The van der Waals surface area contributed by atoms with Crippen LogP contribution in [0, 0.1) is 6.92 Å². The molecule has 0 amide bonds. The molecule has 1 unspecified atom stereocenters.